The molecular formula is C10H11N5O2S. The molecule has 7 nitrogen and oxygen atoms in total. The monoisotopic (exact) mass is 265 g/mol. The molecular weight excluding hydrogens is 254 g/mol. The minimum atomic E-state index is -0.869. The maximum Gasteiger partial charge on any atom is 0.314 e. The van der Waals surface area contributed by atoms with Crippen molar-refractivity contribution in [2.75, 3.05) is 24.7 Å². The molecule has 18 heavy (non-hydrogen) atoms. The van der Waals surface area contributed by atoms with Crippen LogP contribution in [0.5, 0.6) is 0 Å². The molecule has 3 heterocycles. The Labute approximate surface area is 107 Å². The number of anilines is 1. The van der Waals surface area contributed by atoms with Crippen molar-refractivity contribution in [2.24, 2.45) is 0 Å². The maximum atomic E-state index is 11.3. The molecule has 0 spiro atoms. The Kier molecular flexibility index (Phi) is 2.40. The van der Waals surface area contributed by atoms with Gasteiger partial charge in [-0.3, -0.25) is 9.89 Å². The Balaban J connectivity index is 2.30. The molecule has 0 amide bonds. The van der Waals surface area contributed by atoms with E-state index in [0.29, 0.717) is 28.4 Å². The van der Waals surface area contributed by atoms with Crippen molar-refractivity contribution in [3.63, 3.8) is 0 Å². The molecule has 94 valence electrons. The van der Waals surface area contributed by atoms with Crippen molar-refractivity contribution in [3.8, 4) is 0 Å². The molecule has 2 aromatic heterocycles. The summed E-state index contributed by atoms with van der Waals surface area (Å²) in [4.78, 5) is 21.8. The number of H-pyrrole nitrogens is 1. The SMILES string of the molecule is CSc1nc2c3c([nH]nc3n1)C(C(=O)O)CN2C. The van der Waals surface area contributed by atoms with E-state index < -0.39 is 11.9 Å². The topological polar surface area (TPSA) is 95.0 Å². The number of aliphatic carboxylic acids is 1. The number of aromatic nitrogens is 4. The van der Waals surface area contributed by atoms with Crippen molar-refractivity contribution in [3.05, 3.63) is 5.69 Å². The summed E-state index contributed by atoms with van der Waals surface area (Å²) in [7, 11) is 1.83. The quantitative estimate of drug-likeness (QED) is 0.609. The Bertz CT molecular complexity index is 640. The summed E-state index contributed by atoms with van der Waals surface area (Å²) < 4.78 is 0. The Morgan fingerprint density at radius 2 is 2.33 bits per heavy atom. The number of aromatic amines is 1. The third-order valence-electron chi connectivity index (χ3n) is 3.05. The van der Waals surface area contributed by atoms with Crippen molar-refractivity contribution in [2.45, 2.75) is 11.1 Å². The molecule has 1 unspecified atom stereocenters. The molecule has 0 saturated carbocycles. The molecule has 0 aliphatic carbocycles. The summed E-state index contributed by atoms with van der Waals surface area (Å²) >= 11 is 1.44. The van der Waals surface area contributed by atoms with E-state index in [4.69, 9.17) is 0 Å². The Morgan fingerprint density at radius 3 is 3.00 bits per heavy atom. The van der Waals surface area contributed by atoms with Crippen molar-refractivity contribution in [1.29, 1.82) is 0 Å². The van der Waals surface area contributed by atoms with Crippen LogP contribution in [0.3, 0.4) is 0 Å². The first-order valence-corrected chi connectivity index (χ1v) is 6.58. The molecule has 2 N–H and O–H groups in total. The summed E-state index contributed by atoms with van der Waals surface area (Å²) in [6.07, 6.45) is 1.89. The van der Waals surface area contributed by atoms with Gasteiger partial charge in [-0.25, -0.2) is 9.97 Å². The first-order chi connectivity index (χ1) is 8.61. The maximum absolute atomic E-state index is 11.3. The van der Waals surface area contributed by atoms with E-state index in [1.807, 2.05) is 18.2 Å². The fourth-order valence-corrected chi connectivity index (χ4v) is 2.54. The number of rotatable bonds is 2. The number of thioether (sulfide) groups is 1. The van der Waals surface area contributed by atoms with Gasteiger partial charge in [0.15, 0.2) is 10.8 Å². The Morgan fingerprint density at radius 1 is 1.56 bits per heavy atom. The largest absolute Gasteiger partial charge is 0.481 e. The third-order valence-corrected chi connectivity index (χ3v) is 3.60. The lowest BCUT2D eigenvalue weighted by Gasteiger charge is -2.27. The van der Waals surface area contributed by atoms with Crippen LogP contribution in [-0.4, -0.2) is 51.1 Å². The zero-order valence-electron chi connectivity index (χ0n) is 9.84. The van der Waals surface area contributed by atoms with E-state index in [-0.39, 0.29) is 0 Å². The molecule has 0 fully saturated rings. The van der Waals surface area contributed by atoms with Crippen LogP contribution in [0.2, 0.25) is 0 Å². The third kappa shape index (κ3) is 1.45. The molecule has 0 saturated heterocycles. The van der Waals surface area contributed by atoms with Gasteiger partial charge >= 0.3 is 5.97 Å². The highest BCUT2D eigenvalue weighted by atomic mass is 32.2. The molecule has 1 aliphatic rings. The standard InChI is InChI=1S/C10H11N5O2S/c1-15-3-4(9(16)17)6-5-7(14-13-6)11-10(18-2)12-8(5)15/h4H,3H2,1-2H3,(H,16,17)(H,11,12,13,14). The van der Waals surface area contributed by atoms with E-state index in [1.54, 1.807) is 0 Å². The second kappa shape index (κ2) is 3.84. The lowest BCUT2D eigenvalue weighted by Crippen LogP contribution is -2.33. The highest BCUT2D eigenvalue weighted by molar-refractivity contribution is 7.98. The van der Waals surface area contributed by atoms with Crippen LogP contribution in [0, 0.1) is 0 Å². The normalized spacial score (nSPS) is 18.3. The molecule has 0 bridgehead atoms. The van der Waals surface area contributed by atoms with Crippen LogP contribution >= 0.6 is 11.8 Å². The van der Waals surface area contributed by atoms with E-state index in [1.165, 1.54) is 11.8 Å². The lowest BCUT2D eigenvalue weighted by atomic mass is 9.99. The lowest BCUT2D eigenvalue weighted by molar-refractivity contribution is -0.138. The van der Waals surface area contributed by atoms with Gasteiger partial charge in [-0.15, -0.1) is 0 Å². The average Bonchev–Trinajstić information content (AvgIpc) is 2.77. The zero-order valence-corrected chi connectivity index (χ0v) is 10.7. The van der Waals surface area contributed by atoms with Gasteiger partial charge < -0.3 is 10.0 Å². The van der Waals surface area contributed by atoms with Gasteiger partial charge in [0.2, 0.25) is 0 Å². The van der Waals surface area contributed by atoms with Crippen LogP contribution in [0.1, 0.15) is 11.6 Å². The first-order valence-electron chi connectivity index (χ1n) is 5.35. The van der Waals surface area contributed by atoms with Gasteiger partial charge in [0.1, 0.15) is 11.7 Å². The van der Waals surface area contributed by atoms with Crippen molar-refractivity contribution >= 4 is 34.6 Å². The molecule has 8 heteroatoms. The number of hydrogen-bond acceptors (Lipinski definition) is 6. The summed E-state index contributed by atoms with van der Waals surface area (Å²) in [5.74, 6) is -0.742. The van der Waals surface area contributed by atoms with Crippen LogP contribution in [-0.2, 0) is 4.79 Å². The predicted octanol–water partition coefficient (Wildman–Crippen LogP) is 0.693. The number of carboxylic acid groups (broad SMARTS) is 1. The summed E-state index contributed by atoms with van der Waals surface area (Å²) in [5, 5.41) is 17.5. The van der Waals surface area contributed by atoms with Crippen molar-refractivity contribution < 1.29 is 9.90 Å². The van der Waals surface area contributed by atoms with Crippen LogP contribution in [0.25, 0.3) is 11.0 Å². The molecule has 3 rings (SSSR count). The summed E-state index contributed by atoms with van der Waals surface area (Å²) in [5.41, 5.74) is 1.12. The highest BCUT2D eigenvalue weighted by Crippen LogP contribution is 2.36. The number of nitrogens with zero attached hydrogens (tertiary/aromatic N) is 4. The van der Waals surface area contributed by atoms with Gasteiger partial charge in [-0.1, -0.05) is 11.8 Å². The van der Waals surface area contributed by atoms with Crippen LogP contribution in [0.15, 0.2) is 5.16 Å². The summed E-state index contributed by atoms with van der Waals surface area (Å²) in [6, 6.07) is 0. The highest BCUT2D eigenvalue weighted by Gasteiger charge is 2.33. The van der Waals surface area contributed by atoms with Gasteiger partial charge in [-0.2, -0.15) is 5.10 Å². The molecule has 1 atom stereocenters. The number of carboxylic acids is 1. The second-order valence-corrected chi connectivity index (χ2v) is 4.91. The minimum absolute atomic E-state index is 0.379. The zero-order chi connectivity index (χ0) is 12.9. The first kappa shape index (κ1) is 11.3. The molecule has 0 aromatic carbocycles. The van der Waals surface area contributed by atoms with Crippen LogP contribution < -0.4 is 4.90 Å². The fourth-order valence-electron chi connectivity index (χ4n) is 2.18. The Hall–Kier alpha value is -1.83. The average molecular weight is 265 g/mol. The van der Waals surface area contributed by atoms with E-state index in [9.17, 15) is 9.90 Å². The number of nitrogens with one attached hydrogen (secondary N) is 1. The molecule has 0 radical (unpaired) electrons. The molecule has 2 aromatic rings. The fraction of sp³-hybridized carbons (Fsp3) is 0.400. The predicted molar refractivity (Wildman–Crippen MR) is 67.1 cm³/mol. The van der Waals surface area contributed by atoms with Gasteiger partial charge in [0, 0.05) is 13.6 Å². The number of carbonyl (C=O) groups is 1. The number of likely N-dealkylation sites (N-methyl/N-ethyl adjacent to an activating group) is 1. The van der Waals surface area contributed by atoms with Crippen molar-refractivity contribution in [1.82, 2.24) is 20.2 Å². The summed E-state index contributed by atoms with van der Waals surface area (Å²) in [6.45, 7) is 0.379. The van der Waals surface area contributed by atoms with Gasteiger partial charge in [0.25, 0.3) is 0 Å². The molecule has 1 aliphatic heterocycles. The van der Waals surface area contributed by atoms with Gasteiger partial charge in [-0.05, 0) is 6.26 Å². The van der Waals surface area contributed by atoms with Gasteiger partial charge in [0.05, 0.1) is 11.1 Å². The van der Waals surface area contributed by atoms with E-state index >= 15 is 0 Å². The van der Waals surface area contributed by atoms with E-state index in [0.717, 1.165) is 5.82 Å². The number of hydrogen-bond donors (Lipinski definition) is 2. The second-order valence-electron chi connectivity index (χ2n) is 4.14. The van der Waals surface area contributed by atoms with E-state index in [2.05, 4.69) is 20.2 Å². The minimum Gasteiger partial charge on any atom is -0.481 e. The van der Waals surface area contributed by atoms with Crippen LogP contribution in [0.4, 0.5) is 5.82 Å². The smallest absolute Gasteiger partial charge is 0.314 e.